The molecule has 0 amide bonds. The molecule has 3 aromatic carbocycles. The van der Waals surface area contributed by atoms with Gasteiger partial charge in [-0.1, -0.05) is 91.0 Å². The maximum absolute atomic E-state index is 6.23. The molecule has 2 heteroatoms. The van der Waals surface area contributed by atoms with Gasteiger partial charge in [0.2, 0.25) is 0 Å². The van der Waals surface area contributed by atoms with Gasteiger partial charge in [0, 0.05) is 11.5 Å². The zero-order chi connectivity index (χ0) is 16.5. The fraction of sp³-hybridized carbons (Fsp3) is 0.182. The molecule has 0 unspecified atom stereocenters. The number of hydrogen-bond donors (Lipinski definition) is 0. The van der Waals surface area contributed by atoms with E-state index in [1.807, 2.05) is 17.8 Å². The average Bonchev–Trinajstić information content (AvgIpc) is 2.67. The average molecular weight is 334 g/mol. The number of ether oxygens (including phenoxy) is 1. The third kappa shape index (κ3) is 5.26. The molecule has 0 radical (unpaired) electrons. The second kappa shape index (κ2) is 9.31. The lowest BCUT2D eigenvalue weighted by atomic mass is 10.1. The van der Waals surface area contributed by atoms with E-state index in [-0.39, 0.29) is 6.10 Å². The van der Waals surface area contributed by atoms with Gasteiger partial charge in [0.15, 0.2) is 0 Å². The lowest BCUT2D eigenvalue weighted by Crippen LogP contribution is -2.07. The molecule has 3 rings (SSSR count). The van der Waals surface area contributed by atoms with Crippen LogP contribution in [0.3, 0.4) is 0 Å². The molecular formula is C22H22OS. The molecule has 0 N–H and O–H groups in total. The van der Waals surface area contributed by atoms with Crippen LogP contribution in [0.4, 0.5) is 0 Å². The Hall–Kier alpha value is -2.03. The smallest absolute Gasteiger partial charge is 0.0919 e. The highest BCUT2D eigenvalue weighted by Gasteiger charge is 2.12. The molecule has 0 heterocycles. The van der Waals surface area contributed by atoms with Crippen molar-refractivity contribution in [2.75, 3.05) is 5.75 Å². The van der Waals surface area contributed by atoms with Gasteiger partial charge in [-0.15, -0.1) is 0 Å². The standard InChI is InChI=1S/C22H22OS/c1-4-10-19(11-5-1)16-23-22(21-14-8-3-9-15-21)18-24-17-20-12-6-2-7-13-20/h1-15,22H,16-18H2/t22-/m0/s1. The van der Waals surface area contributed by atoms with Crippen molar-refractivity contribution in [2.24, 2.45) is 0 Å². The fourth-order valence-electron chi connectivity index (χ4n) is 2.54. The first-order valence-electron chi connectivity index (χ1n) is 8.24. The van der Waals surface area contributed by atoms with E-state index in [1.165, 1.54) is 16.7 Å². The van der Waals surface area contributed by atoms with E-state index in [1.54, 1.807) is 0 Å². The minimum absolute atomic E-state index is 0.111. The summed E-state index contributed by atoms with van der Waals surface area (Å²) in [6.07, 6.45) is 0.111. The Morgan fingerprint density at radius 3 is 1.83 bits per heavy atom. The predicted octanol–water partition coefficient (Wildman–Crippen LogP) is 5.88. The maximum atomic E-state index is 6.23. The monoisotopic (exact) mass is 334 g/mol. The van der Waals surface area contributed by atoms with Crippen LogP contribution < -0.4 is 0 Å². The topological polar surface area (TPSA) is 9.23 Å². The zero-order valence-electron chi connectivity index (χ0n) is 13.7. The van der Waals surface area contributed by atoms with Gasteiger partial charge >= 0.3 is 0 Å². The van der Waals surface area contributed by atoms with Crippen molar-refractivity contribution in [2.45, 2.75) is 18.5 Å². The number of hydrogen-bond acceptors (Lipinski definition) is 2. The second-order valence-electron chi connectivity index (χ2n) is 5.70. The molecule has 0 spiro atoms. The van der Waals surface area contributed by atoms with E-state index in [2.05, 4.69) is 84.9 Å². The summed E-state index contributed by atoms with van der Waals surface area (Å²) in [6.45, 7) is 0.645. The SMILES string of the molecule is c1ccc(CO[C@@H](CSCc2ccccc2)c2ccccc2)cc1. The van der Waals surface area contributed by atoms with Crippen molar-refractivity contribution in [3.8, 4) is 0 Å². The van der Waals surface area contributed by atoms with E-state index in [0.717, 1.165) is 11.5 Å². The molecule has 0 saturated heterocycles. The Morgan fingerprint density at radius 2 is 1.21 bits per heavy atom. The van der Waals surface area contributed by atoms with Crippen LogP contribution in [0, 0.1) is 0 Å². The Balaban J connectivity index is 1.59. The zero-order valence-corrected chi connectivity index (χ0v) is 14.5. The first-order chi connectivity index (χ1) is 11.9. The third-order valence-corrected chi connectivity index (χ3v) is 4.92. The van der Waals surface area contributed by atoms with Gasteiger partial charge in [0.25, 0.3) is 0 Å². The molecule has 24 heavy (non-hydrogen) atoms. The summed E-state index contributed by atoms with van der Waals surface area (Å²) in [5, 5.41) is 0. The minimum atomic E-state index is 0.111. The summed E-state index contributed by atoms with van der Waals surface area (Å²) in [5.74, 6) is 1.96. The van der Waals surface area contributed by atoms with Crippen LogP contribution in [-0.4, -0.2) is 5.75 Å². The van der Waals surface area contributed by atoms with Gasteiger partial charge in [-0.25, -0.2) is 0 Å². The summed E-state index contributed by atoms with van der Waals surface area (Å²) < 4.78 is 6.23. The van der Waals surface area contributed by atoms with E-state index < -0.39 is 0 Å². The molecule has 1 nitrogen and oxygen atoms in total. The molecule has 3 aromatic rings. The molecule has 0 aliphatic carbocycles. The summed E-state index contributed by atoms with van der Waals surface area (Å²) >= 11 is 1.92. The van der Waals surface area contributed by atoms with Crippen LogP contribution >= 0.6 is 11.8 Å². The Kier molecular flexibility index (Phi) is 6.52. The highest BCUT2D eigenvalue weighted by Crippen LogP contribution is 2.25. The van der Waals surface area contributed by atoms with E-state index in [4.69, 9.17) is 4.74 Å². The summed E-state index contributed by atoms with van der Waals surface area (Å²) in [6, 6.07) is 31.5. The molecular weight excluding hydrogens is 312 g/mol. The Bertz CT molecular complexity index is 698. The van der Waals surface area contributed by atoms with Crippen molar-refractivity contribution >= 4 is 11.8 Å². The molecule has 0 aliphatic rings. The summed E-state index contributed by atoms with van der Waals surface area (Å²) in [4.78, 5) is 0. The van der Waals surface area contributed by atoms with Crippen LogP contribution in [0.1, 0.15) is 22.8 Å². The largest absolute Gasteiger partial charge is 0.368 e. The maximum Gasteiger partial charge on any atom is 0.0919 e. The van der Waals surface area contributed by atoms with Gasteiger partial charge in [0.05, 0.1) is 12.7 Å². The lowest BCUT2D eigenvalue weighted by Gasteiger charge is -2.18. The third-order valence-electron chi connectivity index (χ3n) is 3.85. The van der Waals surface area contributed by atoms with Crippen LogP contribution in [0.25, 0.3) is 0 Å². The van der Waals surface area contributed by atoms with Gasteiger partial charge < -0.3 is 4.74 Å². The molecule has 0 aromatic heterocycles. The van der Waals surface area contributed by atoms with E-state index in [0.29, 0.717) is 6.61 Å². The first-order valence-corrected chi connectivity index (χ1v) is 9.39. The summed E-state index contributed by atoms with van der Waals surface area (Å²) in [5.41, 5.74) is 3.82. The predicted molar refractivity (Wildman–Crippen MR) is 103 cm³/mol. The van der Waals surface area contributed by atoms with Crippen LogP contribution in [0.2, 0.25) is 0 Å². The van der Waals surface area contributed by atoms with Crippen LogP contribution in [-0.2, 0) is 17.1 Å². The Morgan fingerprint density at radius 1 is 0.667 bits per heavy atom. The quantitative estimate of drug-likeness (QED) is 0.509. The molecule has 0 saturated carbocycles. The first kappa shape index (κ1) is 16.8. The molecule has 0 bridgehead atoms. The lowest BCUT2D eigenvalue weighted by molar-refractivity contribution is 0.0558. The minimum Gasteiger partial charge on any atom is -0.368 e. The number of rotatable bonds is 8. The number of benzene rings is 3. The van der Waals surface area contributed by atoms with Gasteiger partial charge in [-0.05, 0) is 16.7 Å². The highest BCUT2D eigenvalue weighted by atomic mass is 32.2. The van der Waals surface area contributed by atoms with Crippen molar-refractivity contribution in [1.29, 1.82) is 0 Å². The molecule has 0 fully saturated rings. The van der Waals surface area contributed by atoms with Crippen molar-refractivity contribution in [3.63, 3.8) is 0 Å². The van der Waals surface area contributed by atoms with Gasteiger partial charge in [-0.3, -0.25) is 0 Å². The van der Waals surface area contributed by atoms with Crippen molar-refractivity contribution in [3.05, 3.63) is 108 Å². The molecule has 0 aliphatic heterocycles. The number of thioether (sulfide) groups is 1. The summed E-state index contributed by atoms with van der Waals surface area (Å²) in [7, 11) is 0. The van der Waals surface area contributed by atoms with E-state index >= 15 is 0 Å². The highest BCUT2D eigenvalue weighted by molar-refractivity contribution is 7.98. The van der Waals surface area contributed by atoms with Crippen molar-refractivity contribution < 1.29 is 4.74 Å². The van der Waals surface area contributed by atoms with Crippen LogP contribution in [0.15, 0.2) is 91.0 Å². The van der Waals surface area contributed by atoms with Crippen LogP contribution in [0.5, 0.6) is 0 Å². The fourth-order valence-corrected chi connectivity index (χ4v) is 3.59. The van der Waals surface area contributed by atoms with Gasteiger partial charge in [0.1, 0.15) is 0 Å². The molecule has 1 atom stereocenters. The van der Waals surface area contributed by atoms with Crippen molar-refractivity contribution in [1.82, 2.24) is 0 Å². The normalized spacial score (nSPS) is 12.0. The second-order valence-corrected chi connectivity index (χ2v) is 6.73. The molecule has 122 valence electrons. The van der Waals surface area contributed by atoms with Gasteiger partial charge in [-0.2, -0.15) is 11.8 Å². The van der Waals surface area contributed by atoms with E-state index in [9.17, 15) is 0 Å². The Labute approximate surface area is 148 Å².